The van der Waals surface area contributed by atoms with Crippen LogP contribution in [0, 0.1) is 13.8 Å². The lowest BCUT2D eigenvalue weighted by Gasteiger charge is -2.09. The number of carbonyl (C=O) groups excluding carboxylic acids is 2. The van der Waals surface area contributed by atoms with Gasteiger partial charge in [-0.1, -0.05) is 35.9 Å². The van der Waals surface area contributed by atoms with Crippen molar-refractivity contribution in [3.63, 3.8) is 0 Å². The monoisotopic (exact) mass is 364 g/mol. The molecule has 27 heavy (non-hydrogen) atoms. The fourth-order valence-electron chi connectivity index (χ4n) is 2.60. The molecule has 2 N–H and O–H groups in total. The molecule has 0 saturated heterocycles. The third-order valence-electron chi connectivity index (χ3n) is 4.00. The van der Waals surface area contributed by atoms with E-state index in [1.807, 2.05) is 56.3 Å². The molecule has 3 aromatic rings. The summed E-state index contributed by atoms with van der Waals surface area (Å²) in [7, 11) is 0. The van der Waals surface area contributed by atoms with Crippen LogP contribution in [0.2, 0.25) is 0 Å². The van der Waals surface area contributed by atoms with Gasteiger partial charge in [-0.05, 0) is 37.6 Å². The Kier molecular flexibility index (Phi) is 5.61. The van der Waals surface area contributed by atoms with Gasteiger partial charge in [-0.3, -0.25) is 20.4 Å². The molecule has 138 valence electrons. The highest BCUT2D eigenvalue weighted by atomic mass is 16.4. The van der Waals surface area contributed by atoms with E-state index in [9.17, 15) is 9.59 Å². The predicted molar refractivity (Wildman–Crippen MR) is 99.6 cm³/mol. The van der Waals surface area contributed by atoms with E-state index in [1.54, 1.807) is 6.07 Å². The summed E-state index contributed by atoms with van der Waals surface area (Å²) in [5.41, 5.74) is 8.08. The molecule has 1 heterocycles. The fraction of sp³-hybridized carbons (Fsp3) is 0.200. The minimum absolute atomic E-state index is 0.115. The van der Waals surface area contributed by atoms with Crippen molar-refractivity contribution in [1.82, 2.24) is 21.0 Å². The second-order valence-electron chi connectivity index (χ2n) is 6.19. The van der Waals surface area contributed by atoms with Gasteiger partial charge in [-0.25, -0.2) is 0 Å². The first-order chi connectivity index (χ1) is 13.0. The largest absolute Gasteiger partial charge is 0.421 e. The van der Waals surface area contributed by atoms with Crippen LogP contribution in [0.5, 0.6) is 0 Å². The molecule has 0 spiro atoms. The van der Waals surface area contributed by atoms with E-state index in [0.29, 0.717) is 17.3 Å². The lowest BCUT2D eigenvalue weighted by molar-refractivity contribution is -0.121. The Morgan fingerprint density at radius 3 is 2.52 bits per heavy atom. The Morgan fingerprint density at radius 1 is 1.00 bits per heavy atom. The number of aromatic nitrogens is 2. The van der Waals surface area contributed by atoms with E-state index in [-0.39, 0.29) is 24.7 Å². The van der Waals surface area contributed by atoms with Crippen LogP contribution in [-0.2, 0) is 11.2 Å². The van der Waals surface area contributed by atoms with Crippen LogP contribution >= 0.6 is 0 Å². The van der Waals surface area contributed by atoms with Gasteiger partial charge in [0.05, 0.1) is 0 Å². The molecule has 2 amide bonds. The van der Waals surface area contributed by atoms with Gasteiger partial charge in [-0.15, -0.1) is 10.2 Å². The molecule has 0 aliphatic carbocycles. The molecule has 1 aromatic heterocycles. The zero-order valence-electron chi connectivity index (χ0n) is 15.2. The second kappa shape index (κ2) is 8.27. The second-order valence-corrected chi connectivity index (χ2v) is 6.19. The van der Waals surface area contributed by atoms with Gasteiger partial charge in [0.25, 0.3) is 5.91 Å². The van der Waals surface area contributed by atoms with Crippen LogP contribution in [0.4, 0.5) is 0 Å². The lowest BCUT2D eigenvalue weighted by Crippen LogP contribution is -2.42. The molecule has 0 radical (unpaired) electrons. The fourth-order valence-corrected chi connectivity index (χ4v) is 2.60. The number of aryl methyl sites for hydroxylation is 3. The molecule has 0 saturated carbocycles. The standard InChI is InChI=1S/C20H20N4O3/c1-13-8-9-16(14(2)12-13)19(26)23-21-17(25)10-11-18-22-24-20(27-18)15-6-4-3-5-7-15/h3-9,12H,10-11H2,1-2H3,(H,21,25)(H,23,26). The van der Waals surface area contributed by atoms with Crippen molar-refractivity contribution in [2.75, 3.05) is 0 Å². The van der Waals surface area contributed by atoms with Crippen molar-refractivity contribution < 1.29 is 14.0 Å². The van der Waals surface area contributed by atoms with Gasteiger partial charge in [0.15, 0.2) is 0 Å². The molecule has 7 nitrogen and oxygen atoms in total. The molecule has 0 atom stereocenters. The maximum Gasteiger partial charge on any atom is 0.269 e. The number of amides is 2. The van der Waals surface area contributed by atoms with Gasteiger partial charge in [0, 0.05) is 24.0 Å². The number of hydrogen-bond donors (Lipinski definition) is 2. The summed E-state index contributed by atoms with van der Waals surface area (Å²) in [4.78, 5) is 24.1. The SMILES string of the molecule is Cc1ccc(C(=O)NNC(=O)CCc2nnc(-c3ccccc3)o2)c(C)c1. The van der Waals surface area contributed by atoms with Gasteiger partial charge in [0.2, 0.25) is 17.7 Å². The Labute approximate surface area is 156 Å². The minimum Gasteiger partial charge on any atom is -0.421 e. The molecule has 0 unspecified atom stereocenters. The van der Waals surface area contributed by atoms with Crippen LogP contribution in [0.3, 0.4) is 0 Å². The van der Waals surface area contributed by atoms with Crippen molar-refractivity contribution in [1.29, 1.82) is 0 Å². The Bertz CT molecular complexity index is 951. The van der Waals surface area contributed by atoms with Gasteiger partial charge in [0.1, 0.15) is 0 Å². The van der Waals surface area contributed by atoms with Crippen LogP contribution < -0.4 is 10.9 Å². The normalized spacial score (nSPS) is 10.4. The van der Waals surface area contributed by atoms with Gasteiger partial charge >= 0.3 is 0 Å². The lowest BCUT2D eigenvalue weighted by atomic mass is 10.1. The molecule has 0 aliphatic heterocycles. The molecule has 3 rings (SSSR count). The molecular weight excluding hydrogens is 344 g/mol. The van der Waals surface area contributed by atoms with E-state index in [2.05, 4.69) is 21.0 Å². The molecule has 0 bridgehead atoms. The van der Waals surface area contributed by atoms with Crippen molar-refractivity contribution in [3.8, 4) is 11.5 Å². The van der Waals surface area contributed by atoms with Crippen molar-refractivity contribution in [3.05, 3.63) is 71.1 Å². The van der Waals surface area contributed by atoms with E-state index in [1.165, 1.54) is 0 Å². The third-order valence-corrected chi connectivity index (χ3v) is 4.00. The van der Waals surface area contributed by atoms with Crippen molar-refractivity contribution in [2.45, 2.75) is 26.7 Å². The summed E-state index contributed by atoms with van der Waals surface area (Å²) in [6, 6.07) is 14.9. The predicted octanol–water partition coefficient (Wildman–Crippen LogP) is 2.75. The first kappa shape index (κ1) is 18.3. The summed E-state index contributed by atoms with van der Waals surface area (Å²) in [6.45, 7) is 3.81. The summed E-state index contributed by atoms with van der Waals surface area (Å²) in [5, 5.41) is 7.92. The number of hydrogen-bond acceptors (Lipinski definition) is 5. The van der Waals surface area contributed by atoms with Gasteiger partial charge < -0.3 is 4.42 Å². The third kappa shape index (κ3) is 4.78. The molecule has 2 aromatic carbocycles. The van der Waals surface area contributed by atoms with Crippen LogP contribution in [0.15, 0.2) is 52.9 Å². The maximum absolute atomic E-state index is 12.1. The number of benzene rings is 2. The summed E-state index contributed by atoms with van der Waals surface area (Å²) >= 11 is 0. The number of nitrogens with zero attached hydrogens (tertiary/aromatic N) is 2. The smallest absolute Gasteiger partial charge is 0.269 e. The Hall–Kier alpha value is -3.48. The van der Waals surface area contributed by atoms with E-state index in [4.69, 9.17) is 4.42 Å². The van der Waals surface area contributed by atoms with E-state index >= 15 is 0 Å². The molecule has 0 aliphatic rings. The first-order valence-corrected chi connectivity index (χ1v) is 8.57. The van der Waals surface area contributed by atoms with Crippen LogP contribution in [-0.4, -0.2) is 22.0 Å². The van der Waals surface area contributed by atoms with E-state index < -0.39 is 0 Å². The molecule has 7 heteroatoms. The van der Waals surface area contributed by atoms with E-state index in [0.717, 1.165) is 16.7 Å². The average Bonchev–Trinajstić information content (AvgIpc) is 3.14. The topological polar surface area (TPSA) is 97.1 Å². The first-order valence-electron chi connectivity index (χ1n) is 8.57. The molecular formula is C20H20N4O3. The highest BCUT2D eigenvalue weighted by Gasteiger charge is 2.12. The number of nitrogens with one attached hydrogen (secondary N) is 2. The van der Waals surface area contributed by atoms with Crippen LogP contribution in [0.25, 0.3) is 11.5 Å². The highest BCUT2D eigenvalue weighted by Crippen LogP contribution is 2.17. The highest BCUT2D eigenvalue weighted by molar-refractivity contribution is 5.96. The minimum atomic E-state index is -0.356. The van der Waals surface area contributed by atoms with Crippen LogP contribution in [0.1, 0.15) is 33.8 Å². The zero-order chi connectivity index (χ0) is 19.2. The maximum atomic E-state index is 12.1. The zero-order valence-corrected chi connectivity index (χ0v) is 15.2. The Morgan fingerprint density at radius 2 is 1.78 bits per heavy atom. The quantitative estimate of drug-likeness (QED) is 0.679. The number of carbonyl (C=O) groups is 2. The summed E-state index contributed by atoms with van der Waals surface area (Å²) in [6.07, 6.45) is 0.397. The van der Waals surface area contributed by atoms with Crippen molar-refractivity contribution >= 4 is 11.8 Å². The summed E-state index contributed by atoms with van der Waals surface area (Å²) < 4.78 is 5.55. The summed E-state index contributed by atoms with van der Waals surface area (Å²) in [5.74, 6) is 0.0800. The van der Waals surface area contributed by atoms with Gasteiger partial charge in [-0.2, -0.15) is 0 Å². The average molecular weight is 364 g/mol. The Balaban J connectivity index is 1.49. The molecule has 0 fully saturated rings. The van der Waals surface area contributed by atoms with Crippen molar-refractivity contribution in [2.24, 2.45) is 0 Å². The number of hydrazine groups is 1. The number of rotatable bonds is 5.